The van der Waals surface area contributed by atoms with Gasteiger partial charge in [-0.1, -0.05) is 13.8 Å². The van der Waals surface area contributed by atoms with Gasteiger partial charge in [0.15, 0.2) is 11.5 Å². The van der Waals surface area contributed by atoms with Crippen molar-refractivity contribution < 1.29 is 28.2 Å². The number of fused-ring (bicyclic) bond motifs is 1. The molecule has 0 aliphatic rings. The molecule has 31 heavy (non-hydrogen) atoms. The van der Waals surface area contributed by atoms with Crippen LogP contribution < -0.4 is 19.8 Å². The van der Waals surface area contributed by atoms with E-state index >= 15 is 0 Å². The van der Waals surface area contributed by atoms with Crippen LogP contribution in [0.15, 0.2) is 39.5 Å². The second kappa shape index (κ2) is 9.12. The molecule has 0 fully saturated rings. The number of benzene rings is 2. The highest BCUT2D eigenvalue weighted by Crippen LogP contribution is 2.35. The Morgan fingerprint density at radius 2 is 1.58 bits per heavy atom. The molecule has 0 radical (unpaired) electrons. The first-order valence-corrected chi connectivity index (χ1v) is 9.83. The monoisotopic (exact) mass is 426 g/mol. The second-order valence-corrected chi connectivity index (χ2v) is 7.43. The number of carbonyl (C=O) groups excluding carboxylic acids is 1. The molecule has 0 unspecified atom stereocenters. The van der Waals surface area contributed by atoms with Crippen LogP contribution in [0.2, 0.25) is 0 Å². The smallest absolute Gasteiger partial charge is 0.342 e. The molecule has 0 aliphatic carbocycles. The van der Waals surface area contributed by atoms with Gasteiger partial charge in [0.1, 0.15) is 23.5 Å². The third-order valence-corrected chi connectivity index (χ3v) is 5.12. The number of hydrogen-bond donors (Lipinski definition) is 0. The van der Waals surface area contributed by atoms with Crippen LogP contribution in [0, 0.1) is 6.92 Å². The van der Waals surface area contributed by atoms with Gasteiger partial charge in [-0.05, 0) is 36.1 Å². The first-order valence-electron chi connectivity index (χ1n) is 9.83. The molecule has 0 bridgehead atoms. The standard InChI is InChI=1S/C24H26O7/c1-13(2)16-9-17-15(8-23(25)31-20(17)7-14(16)3)12-30-24(26)18-10-21(28-5)22(29-6)11-19(18)27-4/h7-11,13H,12H2,1-6H3. The zero-order valence-electron chi connectivity index (χ0n) is 18.5. The third-order valence-electron chi connectivity index (χ3n) is 5.12. The zero-order valence-corrected chi connectivity index (χ0v) is 18.5. The summed E-state index contributed by atoms with van der Waals surface area (Å²) in [4.78, 5) is 24.9. The van der Waals surface area contributed by atoms with E-state index in [4.69, 9.17) is 23.4 Å². The fraction of sp³-hybridized carbons (Fsp3) is 0.333. The minimum atomic E-state index is -0.615. The number of methoxy groups -OCH3 is 3. The van der Waals surface area contributed by atoms with Gasteiger partial charge in [0.05, 0.1) is 21.3 Å². The maximum Gasteiger partial charge on any atom is 0.342 e. The minimum Gasteiger partial charge on any atom is -0.496 e. The first kappa shape index (κ1) is 22.2. The van der Waals surface area contributed by atoms with Crippen LogP contribution in [0.5, 0.6) is 17.2 Å². The van der Waals surface area contributed by atoms with E-state index < -0.39 is 11.6 Å². The summed E-state index contributed by atoms with van der Waals surface area (Å²) in [7, 11) is 4.42. The van der Waals surface area contributed by atoms with E-state index in [1.54, 1.807) is 6.07 Å². The largest absolute Gasteiger partial charge is 0.496 e. The highest BCUT2D eigenvalue weighted by atomic mass is 16.5. The van der Waals surface area contributed by atoms with Gasteiger partial charge in [-0.25, -0.2) is 9.59 Å². The van der Waals surface area contributed by atoms with E-state index in [1.807, 2.05) is 19.1 Å². The summed E-state index contributed by atoms with van der Waals surface area (Å²) >= 11 is 0. The van der Waals surface area contributed by atoms with E-state index in [0.717, 1.165) is 16.5 Å². The molecule has 1 aromatic heterocycles. The molecular weight excluding hydrogens is 400 g/mol. The number of aryl methyl sites for hydroxylation is 1. The molecule has 3 aromatic rings. The average Bonchev–Trinajstić information content (AvgIpc) is 2.75. The van der Waals surface area contributed by atoms with E-state index in [1.165, 1.54) is 33.5 Å². The van der Waals surface area contributed by atoms with Gasteiger partial charge in [-0.15, -0.1) is 0 Å². The molecule has 0 N–H and O–H groups in total. The van der Waals surface area contributed by atoms with Crippen molar-refractivity contribution in [3.63, 3.8) is 0 Å². The molecule has 3 rings (SSSR count). The lowest BCUT2D eigenvalue weighted by atomic mass is 9.95. The lowest BCUT2D eigenvalue weighted by Crippen LogP contribution is -2.10. The van der Waals surface area contributed by atoms with Crippen LogP contribution in [-0.2, 0) is 11.3 Å². The topological polar surface area (TPSA) is 84.2 Å². The maximum atomic E-state index is 12.8. The minimum absolute atomic E-state index is 0.0982. The highest BCUT2D eigenvalue weighted by Gasteiger charge is 2.20. The fourth-order valence-corrected chi connectivity index (χ4v) is 3.54. The van der Waals surface area contributed by atoms with Crippen LogP contribution in [-0.4, -0.2) is 27.3 Å². The Morgan fingerprint density at radius 3 is 2.19 bits per heavy atom. The summed E-state index contributed by atoms with van der Waals surface area (Å²) in [5, 5.41) is 0.737. The fourth-order valence-electron chi connectivity index (χ4n) is 3.54. The Balaban J connectivity index is 1.96. The summed E-state index contributed by atoms with van der Waals surface area (Å²) < 4.78 is 26.7. The van der Waals surface area contributed by atoms with E-state index in [-0.39, 0.29) is 17.9 Å². The molecule has 0 aliphatic heterocycles. The number of rotatable bonds is 7. The predicted molar refractivity (Wildman–Crippen MR) is 117 cm³/mol. The number of hydrogen-bond acceptors (Lipinski definition) is 7. The molecule has 164 valence electrons. The van der Waals surface area contributed by atoms with Gasteiger partial charge < -0.3 is 23.4 Å². The van der Waals surface area contributed by atoms with Gasteiger partial charge in [0.25, 0.3) is 0 Å². The first-order chi connectivity index (χ1) is 14.8. The van der Waals surface area contributed by atoms with Crippen molar-refractivity contribution in [1.29, 1.82) is 0 Å². The van der Waals surface area contributed by atoms with Crippen LogP contribution in [0.1, 0.15) is 46.8 Å². The molecule has 0 saturated carbocycles. The zero-order chi connectivity index (χ0) is 22.7. The summed E-state index contributed by atoms with van der Waals surface area (Å²) in [5.74, 6) is 0.771. The maximum absolute atomic E-state index is 12.8. The Bertz CT molecular complexity index is 1170. The number of carbonyl (C=O) groups is 1. The van der Waals surface area contributed by atoms with Crippen LogP contribution in [0.4, 0.5) is 0 Å². The van der Waals surface area contributed by atoms with Crippen LogP contribution in [0.3, 0.4) is 0 Å². The second-order valence-electron chi connectivity index (χ2n) is 7.43. The molecule has 1 heterocycles. The molecule has 0 atom stereocenters. The number of esters is 1. The average molecular weight is 426 g/mol. The molecule has 0 spiro atoms. The highest BCUT2D eigenvalue weighted by molar-refractivity contribution is 5.94. The molecule has 7 heteroatoms. The van der Waals surface area contributed by atoms with Crippen LogP contribution >= 0.6 is 0 Å². The predicted octanol–water partition coefficient (Wildman–Crippen LogP) is 4.61. The molecule has 0 amide bonds. The number of ether oxygens (including phenoxy) is 4. The summed E-state index contributed by atoms with van der Waals surface area (Å²) in [6.45, 7) is 6.07. The van der Waals surface area contributed by atoms with Crippen molar-refractivity contribution >= 4 is 16.9 Å². The van der Waals surface area contributed by atoms with E-state index in [9.17, 15) is 9.59 Å². The lowest BCUT2D eigenvalue weighted by molar-refractivity contribution is 0.0469. The quantitative estimate of drug-likeness (QED) is 0.403. The Labute approximate surface area is 180 Å². The van der Waals surface area contributed by atoms with E-state index in [2.05, 4.69) is 13.8 Å². The summed E-state index contributed by atoms with van der Waals surface area (Å²) in [6, 6.07) is 8.23. The van der Waals surface area contributed by atoms with Gasteiger partial charge in [-0.3, -0.25) is 0 Å². The molecule has 0 saturated heterocycles. The Morgan fingerprint density at radius 1 is 0.935 bits per heavy atom. The Kier molecular flexibility index (Phi) is 6.53. The summed E-state index contributed by atoms with van der Waals surface area (Å²) in [5.41, 5.74) is 2.89. The van der Waals surface area contributed by atoms with Crippen molar-refractivity contribution in [3.8, 4) is 17.2 Å². The van der Waals surface area contributed by atoms with Gasteiger partial charge >= 0.3 is 11.6 Å². The molecular formula is C24H26O7. The summed E-state index contributed by atoms with van der Waals surface area (Å²) in [6.07, 6.45) is 0. The van der Waals surface area contributed by atoms with Crippen molar-refractivity contribution in [3.05, 3.63) is 63.0 Å². The van der Waals surface area contributed by atoms with Crippen LogP contribution in [0.25, 0.3) is 11.0 Å². The lowest BCUT2D eigenvalue weighted by Gasteiger charge is -2.15. The van der Waals surface area contributed by atoms with Gasteiger partial charge in [0.2, 0.25) is 0 Å². The van der Waals surface area contributed by atoms with Crippen molar-refractivity contribution in [2.24, 2.45) is 0 Å². The third kappa shape index (κ3) is 4.50. The molecule has 7 nitrogen and oxygen atoms in total. The Hall–Kier alpha value is -3.48. The SMILES string of the molecule is COc1cc(OC)c(C(=O)OCc2cc(=O)oc3cc(C)c(C(C)C)cc23)cc1OC. The normalized spacial score (nSPS) is 10.9. The van der Waals surface area contributed by atoms with Crippen molar-refractivity contribution in [2.75, 3.05) is 21.3 Å². The van der Waals surface area contributed by atoms with Gasteiger partial charge in [-0.2, -0.15) is 0 Å². The molecule has 2 aromatic carbocycles. The van der Waals surface area contributed by atoms with Crippen molar-refractivity contribution in [2.45, 2.75) is 33.3 Å². The van der Waals surface area contributed by atoms with E-state index in [0.29, 0.717) is 28.6 Å². The van der Waals surface area contributed by atoms with Gasteiger partial charge in [0, 0.05) is 29.1 Å². The van der Waals surface area contributed by atoms with Crippen molar-refractivity contribution in [1.82, 2.24) is 0 Å².